The lowest BCUT2D eigenvalue weighted by Crippen LogP contribution is -2.44. The maximum Gasteiger partial charge on any atom is 0.240 e. The van der Waals surface area contributed by atoms with Crippen LogP contribution in [0.4, 0.5) is 0 Å². The Balaban J connectivity index is 1.24. The van der Waals surface area contributed by atoms with Crippen LogP contribution in [0.5, 0.6) is 0 Å². The van der Waals surface area contributed by atoms with Crippen molar-refractivity contribution < 1.29 is 8.42 Å². The van der Waals surface area contributed by atoms with Gasteiger partial charge in [-0.25, -0.2) is 13.1 Å². The fourth-order valence-electron chi connectivity index (χ4n) is 5.01. The van der Waals surface area contributed by atoms with E-state index in [1.165, 1.54) is 31.2 Å². The number of nitrogens with zero attached hydrogens (tertiary/aromatic N) is 2. The lowest BCUT2D eigenvalue weighted by atomic mass is 9.87. The van der Waals surface area contributed by atoms with Gasteiger partial charge in [-0.15, -0.1) is 0 Å². The Hall–Kier alpha value is -1.73. The largest absolute Gasteiger partial charge is 0.299 e. The molecule has 0 aliphatic carbocycles. The van der Waals surface area contributed by atoms with E-state index in [0.717, 1.165) is 38.6 Å². The second kappa shape index (κ2) is 10.1. The number of likely N-dealkylation sites (tertiary alicyclic amines) is 2. The van der Waals surface area contributed by atoms with Crippen LogP contribution < -0.4 is 4.72 Å². The molecule has 0 bridgehead atoms. The molecule has 6 heteroatoms. The minimum absolute atomic E-state index is 0.341. The predicted octanol–water partition coefficient (Wildman–Crippen LogP) is 3.34. The normalized spacial score (nSPS) is 21.8. The molecule has 2 aliphatic heterocycles. The quantitative estimate of drug-likeness (QED) is 0.702. The van der Waals surface area contributed by atoms with Crippen molar-refractivity contribution in [3.8, 4) is 0 Å². The molecule has 2 aliphatic rings. The lowest BCUT2D eigenvalue weighted by molar-refractivity contribution is 0.110. The first-order valence-corrected chi connectivity index (χ1v) is 12.7. The second-order valence-electron chi connectivity index (χ2n) is 8.56. The van der Waals surface area contributed by atoms with Crippen molar-refractivity contribution in [3.05, 3.63) is 66.2 Å². The van der Waals surface area contributed by atoms with Gasteiger partial charge in [0.2, 0.25) is 10.0 Å². The van der Waals surface area contributed by atoms with Crippen LogP contribution in [0.1, 0.15) is 31.2 Å². The molecular weight excluding hydrogens is 394 g/mol. The molecule has 0 aromatic heterocycles. The first kappa shape index (κ1) is 21.5. The first-order chi connectivity index (χ1) is 14.6. The minimum Gasteiger partial charge on any atom is -0.299 e. The van der Waals surface area contributed by atoms with E-state index in [2.05, 4.69) is 44.9 Å². The molecule has 0 spiro atoms. The monoisotopic (exact) mass is 427 g/mol. The van der Waals surface area contributed by atoms with E-state index in [1.807, 2.05) is 6.07 Å². The number of piperidine rings is 1. The van der Waals surface area contributed by atoms with Crippen LogP contribution in [-0.4, -0.2) is 57.0 Å². The van der Waals surface area contributed by atoms with E-state index in [0.29, 0.717) is 17.5 Å². The van der Waals surface area contributed by atoms with Crippen LogP contribution in [0.25, 0.3) is 0 Å². The molecule has 2 aromatic carbocycles. The third-order valence-electron chi connectivity index (χ3n) is 6.58. The zero-order valence-corrected chi connectivity index (χ0v) is 18.4. The summed E-state index contributed by atoms with van der Waals surface area (Å²) in [6.07, 6.45) is 4.95. The number of hydrogen-bond acceptors (Lipinski definition) is 4. The molecule has 2 heterocycles. The molecule has 0 amide bonds. The van der Waals surface area contributed by atoms with Gasteiger partial charge in [0.15, 0.2) is 0 Å². The van der Waals surface area contributed by atoms with Crippen LogP contribution >= 0.6 is 0 Å². The Morgan fingerprint density at radius 1 is 0.867 bits per heavy atom. The highest BCUT2D eigenvalue weighted by molar-refractivity contribution is 7.89. The maximum atomic E-state index is 12.4. The summed E-state index contributed by atoms with van der Waals surface area (Å²) in [5, 5.41) is 0. The van der Waals surface area contributed by atoms with Gasteiger partial charge in [-0.1, -0.05) is 48.5 Å². The maximum absolute atomic E-state index is 12.4. The lowest BCUT2D eigenvalue weighted by Gasteiger charge is -2.38. The van der Waals surface area contributed by atoms with E-state index in [1.54, 1.807) is 24.3 Å². The van der Waals surface area contributed by atoms with Crippen molar-refractivity contribution in [1.29, 1.82) is 0 Å². The molecule has 30 heavy (non-hydrogen) atoms. The fourth-order valence-corrected chi connectivity index (χ4v) is 6.05. The van der Waals surface area contributed by atoms with E-state index in [-0.39, 0.29) is 0 Å². The van der Waals surface area contributed by atoms with Gasteiger partial charge in [0.05, 0.1) is 4.90 Å². The Bertz CT molecular complexity index is 881. The summed E-state index contributed by atoms with van der Waals surface area (Å²) in [5.41, 5.74) is 1.39. The average Bonchev–Trinajstić information content (AvgIpc) is 3.24. The van der Waals surface area contributed by atoms with Gasteiger partial charge in [0.25, 0.3) is 0 Å². The first-order valence-electron chi connectivity index (χ1n) is 11.2. The highest BCUT2D eigenvalue weighted by Gasteiger charge is 2.33. The molecule has 2 aromatic rings. The van der Waals surface area contributed by atoms with Crippen molar-refractivity contribution >= 4 is 10.0 Å². The van der Waals surface area contributed by atoms with Gasteiger partial charge in [0, 0.05) is 25.7 Å². The predicted molar refractivity (Wildman–Crippen MR) is 121 cm³/mol. The van der Waals surface area contributed by atoms with E-state index >= 15 is 0 Å². The third kappa shape index (κ3) is 5.49. The summed E-state index contributed by atoms with van der Waals surface area (Å²) >= 11 is 0. The summed E-state index contributed by atoms with van der Waals surface area (Å²) in [4.78, 5) is 5.43. The zero-order valence-electron chi connectivity index (χ0n) is 17.6. The molecule has 0 saturated carbocycles. The summed E-state index contributed by atoms with van der Waals surface area (Å²) < 4.78 is 27.7. The van der Waals surface area contributed by atoms with Crippen molar-refractivity contribution in [2.45, 2.75) is 43.2 Å². The van der Waals surface area contributed by atoms with Gasteiger partial charge in [-0.05, 0) is 68.9 Å². The van der Waals surface area contributed by atoms with Gasteiger partial charge in [-0.2, -0.15) is 0 Å². The molecule has 162 valence electrons. The van der Waals surface area contributed by atoms with Crippen LogP contribution in [0.15, 0.2) is 65.6 Å². The minimum atomic E-state index is -3.41. The molecule has 0 radical (unpaired) electrons. The van der Waals surface area contributed by atoms with Crippen LogP contribution in [0.2, 0.25) is 0 Å². The molecule has 2 fully saturated rings. The van der Waals surface area contributed by atoms with Crippen molar-refractivity contribution in [1.82, 2.24) is 14.5 Å². The number of hydrogen-bond donors (Lipinski definition) is 1. The average molecular weight is 428 g/mol. The van der Waals surface area contributed by atoms with Crippen molar-refractivity contribution in [2.24, 2.45) is 5.92 Å². The molecular formula is C24H33N3O2S. The van der Waals surface area contributed by atoms with E-state index < -0.39 is 10.0 Å². The number of benzene rings is 2. The Morgan fingerprint density at radius 2 is 1.53 bits per heavy atom. The molecule has 0 unspecified atom stereocenters. The number of nitrogens with one attached hydrogen (secondary N) is 1. The van der Waals surface area contributed by atoms with E-state index in [4.69, 9.17) is 0 Å². The Morgan fingerprint density at radius 3 is 2.23 bits per heavy atom. The molecule has 1 atom stereocenters. The van der Waals surface area contributed by atoms with Gasteiger partial charge in [0.1, 0.15) is 0 Å². The standard InChI is InChI=1S/C24H33N3O2S/c28-30(29,23-10-5-2-6-11-23)25-15-19-27-16-7-12-24(27)22-13-17-26(18-14-22)20-21-8-3-1-4-9-21/h1-6,8-11,22,24-25H,7,12-20H2/t24-/m1/s1. The van der Waals surface area contributed by atoms with Gasteiger partial charge < -0.3 is 0 Å². The highest BCUT2D eigenvalue weighted by atomic mass is 32.2. The summed E-state index contributed by atoms with van der Waals surface area (Å²) in [7, 11) is -3.41. The van der Waals surface area contributed by atoms with E-state index in [9.17, 15) is 8.42 Å². The fraction of sp³-hybridized carbons (Fsp3) is 0.500. The topological polar surface area (TPSA) is 52.7 Å². The number of sulfonamides is 1. The summed E-state index contributed by atoms with van der Waals surface area (Å²) in [6, 6.07) is 20.0. The smallest absolute Gasteiger partial charge is 0.240 e. The molecule has 2 saturated heterocycles. The zero-order chi connectivity index (χ0) is 20.8. The van der Waals surface area contributed by atoms with Crippen LogP contribution in [-0.2, 0) is 16.6 Å². The van der Waals surface area contributed by atoms with Crippen molar-refractivity contribution in [3.63, 3.8) is 0 Å². The van der Waals surface area contributed by atoms with Crippen LogP contribution in [0.3, 0.4) is 0 Å². The number of rotatable bonds is 8. The molecule has 1 N–H and O–H groups in total. The Kier molecular flexibility index (Phi) is 7.20. The van der Waals surface area contributed by atoms with Crippen molar-refractivity contribution in [2.75, 3.05) is 32.7 Å². The van der Waals surface area contributed by atoms with Gasteiger partial charge in [-0.3, -0.25) is 9.80 Å². The third-order valence-corrected chi connectivity index (χ3v) is 8.06. The van der Waals surface area contributed by atoms with Crippen LogP contribution in [0, 0.1) is 5.92 Å². The summed E-state index contributed by atoms with van der Waals surface area (Å²) in [6.45, 7) is 5.71. The highest BCUT2D eigenvalue weighted by Crippen LogP contribution is 2.31. The summed E-state index contributed by atoms with van der Waals surface area (Å²) in [5.74, 6) is 0.727. The Labute approximate surface area is 181 Å². The molecule has 4 rings (SSSR count). The molecule has 5 nitrogen and oxygen atoms in total. The SMILES string of the molecule is O=S(=O)(NCCN1CCC[C@@H]1C1CCN(Cc2ccccc2)CC1)c1ccccc1. The second-order valence-corrected chi connectivity index (χ2v) is 10.3. The van der Waals surface area contributed by atoms with Gasteiger partial charge >= 0.3 is 0 Å².